The number of hydrogen-bond donors (Lipinski definition) is 1. The van der Waals surface area contributed by atoms with E-state index in [2.05, 4.69) is 70.4 Å². The van der Waals surface area contributed by atoms with Gasteiger partial charge < -0.3 is 5.32 Å². The van der Waals surface area contributed by atoms with Gasteiger partial charge in [0, 0.05) is 38.1 Å². The van der Waals surface area contributed by atoms with Crippen LogP contribution in [0.5, 0.6) is 0 Å². The average molecular weight is 429 g/mol. The molecule has 3 aromatic rings. The van der Waals surface area contributed by atoms with Gasteiger partial charge in [0.25, 0.3) is 0 Å². The molecule has 1 saturated heterocycles. The standard InChI is InChI=1S/C27H32N4O/c1-20-9-10-22(13-21(20)2)17-31-12-6-11-27(18-31,26(32)28-3)14-23-7-4-5-8-25(23)24-15-29-19-30-16-24/h4-5,7-10,13,15-16,19H,6,11-12,14,17-18H2,1-3H3,(H,28,32)/t27-/m0/s1. The first-order valence-corrected chi connectivity index (χ1v) is 11.3. The summed E-state index contributed by atoms with van der Waals surface area (Å²) < 4.78 is 0. The van der Waals surface area contributed by atoms with Gasteiger partial charge in [-0.2, -0.15) is 0 Å². The van der Waals surface area contributed by atoms with Crippen LogP contribution in [0.25, 0.3) is 11.1 Å². The molecule has 1 atom stereocenters. The van der Waals surface area contributed by atoms with Crippen LogP contribution in [0.4, 0.5) is 0 Å². The van der Waals surface area contributed by atoms with Crippen molar-refractivity contribution in [1.29, 1.82) is 0 Å². The van der Waals surface area contributed by atoms with Crippen molar-refractivity contribution in [3.8, 4) is 11.1 Å². The summed E-state index contributed by atoms with van der Waals surface area (Å²) in [5, 5.41) is 2.97. The summed E-state index contributed by atoms with van der Waals surface area (Å²) in [7, 11) is 1.75. The number of nitrogens with one attached hydrogen (secondary N) is 1. The molecule has 4 rings (SSSR count). The Hall–Kier alpha value is -3.05. The Labute approximate surface area is 190 Å². The number of aryl methyl sites for hydroxylation is 2. The second kappa shape index (κ2) is 9.61. The van der Waals surface area contributed by atoms with E-state index in [1.54, 1.807) is 13.4 Å². The summed E-state index contributed by atoms with van der Waals surface area (Å²) in [4.78, 5) is 24.1. The van der Waals surface area contributed by atoms with Crippen LogP contribution in [0.2, 0.25) is 0 Å². The van der Waals surface area contributed by atoms with Gasteiger partial charge in [-0.25, -0.2) is 9.97 Å². The van der Waals surface area contributed by atoms with Crippen molar-refractivity contribution in [2.75, 3.05) is 20.1 Å². The molecular weight excluding hydrogens is 396 g/mol. The van der Waals surface area contributed by atoms with Gasteiger partial charge in [-0.15, -0.1) is 0 Å². The topological polar surface area (TPSA) is 58.1 Å². The number of piperidine rings is 1. The molecule has 5 nitrogen and oxygen atoms in total. The van der Waals surface area contributed by atoms with Crippen LogP contribution in [-0.2, 0) is 17.8 Å². The smallest absolute Gasteiger partial charge is 0.227 e. The minimum atomic E-state index is -0.460. The number of carbonyl (C=O) groups is 1. The van der Waals surface area contributed by atoms with Crippen LogP contribution in [0, 0.1) is 19.3 Å². The lowest BCUT2D eigenvalue weighted by atomic mass is 9.73. The van der Waals surface area contributed by atoms with Crippen LogP contribution in [0.3, 0.4) is 0 Å². The fraction of sp³-hybridized carbons (Fsp3) is 0.370. The predicted octanol–water partition coefficient (Wildman–Crippen LogP) is 4.33. The number of benzene rings is 2. The van der Waals surface area contributed by atoms with E-state index in [1.165, 1.54) is 22.3 Å². The molecule has 166 valence electrons. The molecule has 1 aliphatic heterocycles. The molecular formula is C27H32N4O. The zero-order valence-electron chi connectivity index (χ0n) is 19.3. The first kappa shape index (κ1) is 22.2. The summed E-state index contributed by atoms with van der Waals surface area (Å²) in [6, 6.07) is 15.0. The lowest BCUT2D eigenvalue weighted by molar-refractivity contribution is -0.134. The van der Waals surface area contributed by atoms with Crippen LogP contribution in [0.15, 0.2) is 61.2 Å². The lowest BCUT2D eigenvalue weighted by Gasteiger charge is -2.42. The largest absolute Gasteiger partial charge is 0.359 e. The summed E-state index contributed by atoms with van der Waals surface area (Å²) in [5.41, 5.74) is 6.73. The van der Waals surface area contributed by atoms with Gasteiger partial charge in [0.2, 0.25) is 5.91 Å². The van der Waals surface area contributed by atoms with Crippen molar-refractivity contribution in [1.82, 2.24) is 20.2 Å². The van der Waals surface area contributed by atoms with Gasteiger partial charge in [-0.05, 0) is 67.5 Å². The maximum Gasteiger partial charge on any atom is 0.227 e. The Bertz CT molecular complexity index is 1080. The van der Waals surface area contributed by atoms with Crippen LogP contribution < -0.4 is 5.32 Å². The predicted molar refractivity (Wildman–Crippen MR) is 128 cm³/mol. The first-order valence-electron chi connectivity index (χ1n) is 11.3. The van der Waals surface area contributed by atoms with E-state index >= 15 is 0 Å². The molecule has 0 unspecified atom stereocenters. The molecule has 0 saturated carbocycles. The first-order chi connectivity index (χ1) is 15.5. The van der Waals surface area contributed by atoms with Gasteiger partial charge in [0.1, 0.15) is 6.33 Å². The van der Waals surface area contributed by atoms with Gasteiger partial charge in [-0.1, -0.05) is 42.5 Å². The Balaban J connectivity index is 1.62. The average Bonchev–Trinajstić information content (AvgIpc) is 2.82. The molecule has 1 amide bonds. The molecule has 1 aromatic heterocycles. The maximum absolute atomic E-state index is 13.3. The van der Waals surface area contributed by atoms with Gasteiger partial charge in [0.05, 0.1) is 5.41 Å². The number of nitrogens with zero attached hydrogens (tertiary/aromatic N) is 3. The third kappa shape index (κ3) is 4.73. The van der Waals surface area contributed by atoms with Crippen LogP contribution in [-0.4, -0.2) is 40.9 Å². The van der Waals surface area contributed by atoms with E-state index in [1.807, 2.05) is 18.5 Å². The van der Waals surface area contributed by atoms with Crippen molar-refractivity contribution in [3.63, 3.8) is 0 Å². The molecule has 1 fully saturated rings. The monoisotopic (exact) mass is 428 g/mol. The number of carbonyl (C=O) groups excluding carboxylic acids is 1. The van der Waals surface area contributed by atoms with Crippen LogP contribution in [0.1, 0.15) is 35.1 Å². The molecule has 1 aliphatic rings. The zero-order chi connectivity index (χ0) is 22.6. The zero-order valence-corrected chi connectivity index (χ0v) is 19.3. The molecule has 2 aromatic carbocycles. The van der Waals surface area contributed by atoms with Gasteiger partial charge >= 0.3 is 0 Å². The molecule has 5 heteroatoms. The third-order valence-corrected chi connectivity index (χ3v) is 6.76. The fourth-order valence-electron chi connectivity index (χ4n) is 4.96. The normalized spacial score (nSPS) is 19.0. The highest BCUT2D eigenvalue weighted by Gasteiger charge is 2.42. The van der Waals surface area contributed by atoms with Gasteiger partial charge in [0.15, 0.2) is 0 Å². The highest BCUT2D eigenvalue weighted by molar-refractivity contribution is 5.83. The molecule has 0 radical (unpaired) electrons. The Morgan fingerprint density at radius 3 is 2.62 bits per heavy atom. The Morgan fingerprint density at radius 2 is 1.88 bits per heavy atom. The lowest BCUT2D eigenvalue weighted by Crippen LogP contribution is -2.52. The summed E-state index contributed by atoms with van der Waals surface area (Å²) in [5.74, 6) is 0.126. The molecule has 32 heavy (non-hydrogen) atoms. The van der Waals surface area contributed by atoms with Crippen molar-refractivity contribution < 1.29 is 4.79 Å². The van der Waals surface area contributed by atoms with Crippen molar-refractivity contribution in [2.24, 2.45) is 5.41 Å². The maximum atomic E-state index is 13.3. The number of rotatable bonds is 6. The number of amides is 1. The van der Waals surface area contributed by atoms with Crippen LogP contribution >= 0.6 is 0 Å². The van der Waals surface area contributed by atoms with Crippen molar-refractivity contribution >= 4 is 5.91 Å². The summed E-state index contributed by atoms with van der Waals surface area (Å²) >= 11 is 0. The Kier molecular flexibility index (Phi) is 6.66. The third-order valence-electron chi connectivity index (χ3n) is 6.76. The SMILES string of the molecule is CNC(=O)[C@]1(Cc2ccccc2-c2cncnc2)CCCN(Cc2ccc(C)c(C)c2)C1. The Morgan fingerprint density at radius 1 is 1.09 bits per heavy atom. The number of hydrogen-bond acceptors (Lipinski definition) is 4. The second-order valence-corrected chi connectivity index (χ2v) is 9.05. The van der Waals surface area contributed by atoms with E-state index in [-0.39, 0.29) is 5.91 Å². The minimum Gasteiger partial charge on any atom is -0.359 e. The highest BCUT2D eigenvalue weighted by atomic mass is 16.2. The summed E-state index contributed by atoms with van der Waals surface area (Å²) in [6.45, 7) is 6.94. The van der Waals surface area contributed by atoms with E-state index in [0.29, 0.717) is 6.42 Å². The molecule has 0 spiro atoms. The summed E-state index contributed by atoms with van der Waals surface area (Å²) in [6.07, 6.45) is 7.81. The molecule has 0 aliphatic carbocycles. The van der Waals surface area contributed by atoms with Gasteiger partial charge in [-0.3, -0.25) is 9.69 Å². The molecule has 2 heterocycles. The van der Waals surface area contributed by atoms with Crippen molar-refractivity contribution in [2.45, 2.75) is 39.7 Å². The highest BCUT2D eigenvalue weighted by Crippen LogP contribution is 2.37. The van der Waals surface area contributed by atoms with E-state index < -0.39 is 5.41 Å². The number of likely N-dealkylation sites (tertiary alicyclic amines) is 1. The molecule has 1 N–H and O–H groups in total. The quantitative estimate of drug-likeness (QED) is 0.635. The minimum absolute atomic E-state index is 0.126. The molecule has 0 bridgehead atoms. The van der Waals surface area contributed by atoms with E-state index in [0.717, 1.165) is 43.6 Å². The van der Waals surface area contributed by atoms with Crippen molar-refractivity contribution in [3.05, 3.63) is 83.4 Å². The van der Waals surface area contributed by atoms with E-state index in [4.69, 9.17) is 0 Å². The van der Waals surface area contributed by atoms with E-state index in [9.17, 15) is 4.79 Å². The fourth-order valence-corrected chi connectivity index (χ4v) is 4.96. The number of aromatic nitrogens is 2. The second-order valence-electron chi connectivity index (χ2n) is 9.05.